The molecule has 0 aromatic heterocycles. The predicted octanol–water partition coefficient (Wildman–Crippen LogP) is 3.00. The minimum absolute atomic E-state index is 0.0277. The zero-order chi connectivity index (χ0) is 15.9. The monoisotopic (exact) mass is 286 g/mol. The molecule has 3 N–H and O–H groups in total. The number of carbonyl (C=O) groups is 1. The lowest BCUT2D eigenvalue weighted by Gasteiger charge is -2.31. The molecular formula is C18H26N2O. The molecule has 0 saturated carbocycles. The van der Waals surface area contributed by atoms with Crippen LogP contribution in [0.2, 0.25) is 0 Å². The first-order valence-electron chi connectivity index (χ1n) is 7.63. The number of amides is 1. The molecule has 0 aliphatic heterocycles. The van der Waals surface area contributed by atoms with E-state index in [4.69, 9.17) is 5.73 Å². The van der Waals surface area contributed by atoms with E-state index in [0.29, 0.717) is 12.1 Å². The van der Waals surface area contributed by atoms with Crippen LogP contribution in [0.1, 0.15) is 61.5 Å². The van der Waals surface area contributed by atoms with E-state index in [-0.39, 0.29) is 11.4 Å². The lowest BCUT2D eigenvalue weighted by atomic mass is 9.89. The smallest absolute Gasteiger partial charge is 0.251 e. The van der Waals surface area contributed by atoms with E-state index in [1.165, 1.54) is 0 Å². The van der Waals surface area contributed by atoms with E-state index in [9.17, 15) is 4.79 Å². The van der Waals surface area contributed by atoms with Crippen molar-refractivity contribution in [2.24, 2.45) is 5.73 Å². The van der Waals surface area contributed by atoms with Gasteiger partial charge in [0.15, 0.2) is 0 Å². The Labute approximate surface area is 128 Å². The molecule has 0 radical (unpaired) electrons. The van der Waals surface area contributed by atoms with Crippen LogP contribution in [-0.2, 0) is 0 Å². The molecule has 0 aliphatic rings. The zero-order valence-electron chi connectivity index (χ0n) is 13.5. The molecule has 1 amide bonds. The van der Waals surface area contributed by atoms with Crippen LogP contribution < -0.4 is 11.1 Å². The molecule has 0 aliphatic carbocycles. The normalized spacial score (nSPS) is 10.7. The Morgan fingerprint density at radius 3 is 2.33 bits per heavy atom. The maximum atomic E-state index is 12.5. The van der Waals surface area contributed by atoms with Gasteiger partial charge in [-0.25, -0.2) is 0 Å². The molecule has 3 heteroatoms. The van der Waals surface area contributed by atoms with Crippen molar-refractivity contribution < 1.29 is 4.79 Å². The summed E-state index contributed by atoms with van der Waals surface area (Å²) in [5.41, 5.74) is 7.80. The Kier molecular flexibility index (Phi) is 6.45. The van der Waals surface area contributed by atoms with Crippen LogP contribution in [0.5, 0.6) is 0 Å². The van der Waals surface area contributed by atoms with Crippen molar-refractivity contribution >= 4 is 5.91 Å². The van der Waals surface area contributed by atoms with Crippen molar-refractivity contribution in [3.05, 3.63) is 34.9 Å². The number of hydrogen-bond donors (Lipinski definition) is 2. The summed E-state index contributed by atoms with van der Waals surface area (Å²) in [7, 11) is 0. The van der Waals surface area contributed by atoms with Gasteiger partial charge in [-0.05, 0) is 49.9 Å². The van der Waals surface area contributed by atoms with E-state index < -0.39 is 0 Å². The van der Waals surface area contributed by atoms with Gasteiger partial charge in [0.25, 0.3) is 5.91 Å². The summed E-state index contributed by atoms with van der Waals surface area (Å²) in [5, 5.41) is 3.19. The van der Waals surface area contributed by atoms with E-state index in [1.54, 1.807) is 0 Å². The summed E-state index contributed by atoms with van der Waals surface area (Å²) < 4.78 is 0. The highest BCUT2D eigenvalue weighted by molar-refractivity contribution is 5.95. The Hall–Kier alpha value is -1.79. The lowest BCUT2D eigenvalue weighted by Crippen LogP contribution is -2.47. The third kappa shape index (κ3) is 4.61. The molecule has 21 heavy (non-hydrogen) atoms. The van der Waals surface area contributed by atoms with Gasteiger partial charge >= 0.3 is 0 Å². The minimum atomic E-state index is -0.121. The Bertz CT molecular complexity index is 540. The number of carbonyl (C=O) groups excluding carboxylic acids is 1. The summed E-state index contributed by atoms with van der Waals surface area (Å²) in [6.07, 6.45) is 2.78. The van der Waals surface area contributed by atoms with Crippen LogP contribution in [0.25, 0.3) is 0 Å². The van der Waals surface area contributed by atoms with Gasteiger partial charge < -0.3 is 11.1 Å². The molecule has 3 nitrogen and oxygen atoms in total. The number of rotatable bonds is 5. The van der Waals surface area contributed by atoms with Gasteiger partial charge in [-0.3, -0.25) is 4.79 Å². The number of hydrogen-bond acceptors (Lipinski definition) is 2. The lowest BCUT2D eigenvalue weighted by molar-refractivity contribution is 0.0888. The fourth-order valence-electron chi connectivity index (χ4n) is 2.47. The van der Waals surface area contributed by atoms with Crippen LogP contribution in [0.15, 0.2) is 18.2 Å². The molecule has 114 valence electrons. The van der Waals surface area contributed by atoms with Gasteiger partial charge in [-0.1, -0.05) is 32.6 Å². The summed E-state index contributed by atoms with van der Waals surface area (Å²) in [5.74, 6) is 5.79. The quantitative estimate of drug-likeness (QED) is 0.818. The zero-order valence-corrected chi connectivity index (χ0v) is 13.5. The molecule has 0 spiro atoms. The second-order valence-corrected chi connectivity index (χ2v) is 5.39. The van der Waals surface area contributed by atoms with Crippen molar-refractivity contribution in [2.45, 2.75) is 52.5 Å². The van der Waals surface area contributed by atoms with E-state index in [1.807, 2.05) is 25.1 Å². The molecule has 0 unspecified atom stereocenters. The Balaban J connectivity index is 3.04. The van der Waals surface area contributed by atoms with E-state index in [0.717, 1.165) is 30.4 Å². The van der Waals surface area contributed by atoms with Gasteiger partial charge in [0.1, 0.15) is 0 Å². The van der Waals surface area contributed by atoms with Gasteiger partial charge in [-0.2, -0.15) is 0 Å². The molecule has 0 heterocycles. The Morgan fingerprint density at radius 2 is 1.81 bits per heavy atom. The molecule has 1 rings (SSSR count). The van der Waals surface area contributed by atoms with Gasteiger partial charge in [0.2, 0.25) is 0 Å². The van der Waals surface area contributed by atoms with Gasteiger partial charge in [0, 0.05) is 16.7 Å². The maximum Gasteiger partial charge on any atom is 0.251 e. The highest BCUT2D eigenvalue weighted by atomic mass is 16.1. The molecule has 0 bridgehead atoms. The van der Waals surface area contributed by atoms with Crippen molar-refractivity contribution in [1.29, 1.82) is 0 Å². The van der Waals surface area contributed by atoms with Crippen LogP contribution in [0.3, 0.4) is 0 Å². The van der Waals surface area contributed by atoms with Crippen LogP contribution >= 0.6 is 0 Å². The largest absolute Gasteiger partial charge is 0.347 e. The number of benzene rings is 1. The summed E-state index contributed by atoms with van der Waals surface area (Å²) in [6.45, 7) is 8.63. The minimum Gasteiger partial charge on any atom is -0.347 e. The van der Waals surface area contributed by atoms with Crippen molar-refractivity contribution in [3.63, 3.8) is 0 Å². The van der Waals surface area contributed by atoms with E-state index >= 15 is 0 Å². The second kappa shape index (κ2) is 7.85. The first-order valence-corrected chi connectivity index (χ1v) is 7.63. The van der Waals surface area contributed by atoms with Crippen LogP contribution in [0, 0.1) is 18.8 Å². The van der Waals surface area contributed by atoms with Crippen molar-refractivity contribution in [1.82, 2.24) is 5.32 Å². The topological polar surface area (TPSA) is 55.1 Å². The fraction of sp³-hybridized carbons (Fsp3) is 0.500. The average Bonchev–Trinajstić information content (AvgIpc) is 2.50. The highest BCUT2D eigenvalue weighted by Gasteiger charge is 2.26. The molecular weight excluding hydrogens is 260 g/mol. The highest BCUT2D eigenvalue weighted by Crippen LogP contribution is 2.20. The standard InChI is InChI=1S/C18H26N2O/c1-5-18(6-2,7-3)20-17(21)16-12-14(4)11-15(13-16)9-8-10-19/h11-13H,5-7,10,19H2,1-4H3,(H,20,21). The third-order valence-electron chi connectivity index (χ3n) is 4.08. The van der Waals surface area contributed by atoms with Crippen LogP contribution in [-0.4, -0.2) is 18.0 Å². The fourth-order valence-corrected chi connectivity index (χ4v) is 2.47. The molecule has 1 aromatic carbocycles. The number of aryl methyl sites for hydroxylation is 1. The van der Waals surface area contributed by atoms with Crippen LogP contribution in [0.4, 0.5) is 0 Å². The summed E-state index contributed by atoms with van der Waals surface area (Å²) >= 11 is 0. The SMILES string of the molecule is CCC(CC)(CC)NC(=O)c1cc(C)cc(C#CCN)c1. The van der Waals surface area contributed by atoms with Gasteiger partial charge in [0.05, 0.1) is 6.54 Å². The first-order chi connectivity index (χ1) is 10.00. The van der Waals surface area contributed by atoms with Gasteiger partial charge in [-0.15, -0.1) is 0 Å². The van der Waals surface area contributed by atoms with E-state index in [2.05, 4.69) is 37.9 Å². The second-order valence-electron chi connectivity index (χ2n) is 5.39. The first kappa shape index (κ1) is 17.3. The molecule has 1 aromatic rings. The average molecular weight is 286 g/mol. The summed E-state index contributed by atoms with van der Waals surface area (Å²) in [4.78, 5) is 12.5. The van der Waals surface area contributed by atoms with Crippen molar-refractivity contribution in [2.75, 3.05) is 6.54 Å². The third-order valence-corrected chi connectivity index (χ3v) is 4.08. The predicted molar refractivity (Wildman–Crippen MR) is 88.2 cm³/mol. The number of nitrogens with two attached hydrogens (primary N) is 1. The molecule has 0 fully saturated rings. The molecule has 0 atom stereocenters. The maximum absolute atomic E-state index is 12.5. The molecule has 0 saturated heterocycles. The van der Waals surface area contributed by atoms with Crippen molar-refractivity contribution in [3.8, 4) is 11.8 Å². The Morgan fingerprint density at radius 1 is 1.19 bits per heavy atom. The number of nitrogens with one attached hydrogen (secondary N) is 1. The summed E-state index contributed by atoms with van der Waals surface area (Å²) in [6, 6.07) is 5.69.